The molecule has 3 unspecified atom stereocenters. The van der Waals surface area contributed by atoms with Crippen molar-refractivity contribution >= 4 is 28.8 Å². The molecule has 1 amide bonds. The Bertz CT molecular complexity index is 505. The van der Waals surface area contributed by atoms with Crippen molar-refractivity contribution in [1.82, 2.24) is 5.32 Å². The molecule has 2 N–H and O–H groups in total. The summed E-state index contributed by atoms with van der Waals surface area (Å²) < 4.78 is 0. The van der Waals surface area contributed by atoms with Crippen molar-refractivity contribution in [3.63, 3.8) is 0 Å². The van der Waals surface area contributed by atoms with E-state index >= 15 is 0 Å². The minimum Gasteiger partial charge on any atom is -0.481 e. The van der Waals surface area contributed by atoms with Crippen molar-refractivity contribution in [1.29, 1.82) is 0 Å². The highest BCUT2D eigenvalue weighted by Gasteiger charge is 2.58. The molecule has 0 aromatic carbocycles. The zero-order chi connectivity index (χ0) is 13.9. The molecular formula is C14H18N2O3S. The molecule has 4 bridgehead atoms. The molecule has 108 valence electrons. The molecule has 0 radical (unpaired) electrons. The molecule has 5 aliphatic rings. The normalized spacial score (nSPS) is 47.2. The van der Waals surface area contributed by atoms with Crippen LogP contribution in [-0.4, -0.2) is 32.9 Å². The van der Waals surface area contributed by atoms with Gasteiger partial charge >= 0.3 is 5.97 Å². The standard InChI is InChI=1S/C14H18N2O3S/c17-11(18)4-10-12(19)15-13(20-10)16-14-5-7-1-8(6-14)3-9(14)2-7/h7-10H,1-6H2,(H,17,18)(H,15,16,19). The topological polar surface area (TPSA) is 78.8 Å². The average molecular weight is 294 g/mol. The van der Waals surface area contributed by atoms with E-state index in [-0.39, 0.29) is 17.9 Å². The van der Waals surface area contributed by atoms with Crippen LogP contribution in [0.25, 0.3) is 0 Å². The van der Waals surface area contributed by atoms with Gasteiger partial charge in [0.15, 0.2) is 5.17 Å². The fourth-order valence-electron chi connectivity index (χ4n) is 4.89. The van der Waals surface area contributed by atoms with Crippen molar-refractivity contribution in [2.75, 3.05) is 0 Å². The molecule has 5 rings (SSSR count). The highest BCUT2D eigenvalue weighted by molar-refractivity contribution is 8.15. The zero-order valence-electron chi connectivity index (χ0n) is 11.2. The van der Waals surface area contributed by atoms with E-state index in [1.165, 1.54) is 31.0 Å². The summed E-state index contributed by atoms with van der Waals surface area (Å²) in [6, 6.07) is 0. The van der Waals surface area contributed by atoms with Crippen LogP contribution in [0.1, 0.15) is 38.5 Å². The first-order valence-corrected chi connectivity index (χ1v) is 8.21. The Kier molecular flexibility index (Phi) is 2.68. The van der Waals surface area contributed by atoms with E-state index in [1.54, 1.807) is 0 Å². The van der Waals surface area contributed by atoms with Crippen molar-refractivity contribution in [2.45, 2.75) is 49.3 Å². The maximum Gasteiger partial charge on any atom is 0.305 e. The summed E-state index contributed by atoms with van der Waals surface area (Å²) in [6.45, 7) is 0. The fraction of sp³-hybridized carbons (Fsp3) is 0.786. The third kappa shape index (κ3) is 1.88. The Labute approximate surface area is 121 Å². The molecule has 0 spiro atoms. The number of hydrogen-bond donors (Lipinski definition) is 2. The van der Waals surface area contributed by atoms with Crippen molar-refractivity contribution in [2.24, 2.45) is 22.7 Å². The summed E-state index contributed by atoms with van der Waals surface area (Å²) in [5.74, 6) is 1.21. The minimum atomic E-state index is -0.932. The van der Waals surface area contributed by atoms with Crippen LogP contribution in [0, 0.1) is 17.8 Å². The zero-order valence-corrected chi connectivity index (χ0v) is 12.0. The lowest BCUT2D eigenvalue weighted by atomic mass is 9.81. The van der Waals surface area contributed by atoms with Gasteiger partial charge in [-0.15, -0.1) is 0 Å². The van der Waals surface area contributed by atoms with Gasteiger partial charge in [0, 0.05) is 0 Å². The van der Waals surface area contributed by atoms with Crippen molar-refractivity contribution in [3.05, 3.63) is 0 Å². The maximum absolute atomic E-state index is 11.8. The number of thioether (sulfide) groups is 1. The molecule has 0 aromatic rings. The second-order valence-corrected chi connectivity index (χ2v) is 7.95. The number of aliphatic carboxylic acids is 1. The number of carbonyl (C=O) groups excluding carboxylic acids is 1. The van der Waals surface area contributed by atoms with Crippen molar-refractivity contribution < 1.29 is 14.7 Å². The highest BCUT2D eigenvalue weighted by Crippen LogP contribution is 2.62. The van der Waals surface area contributed by atoms with E-state index in [4.69, 9.17) is 10.1 Å². The largest absolute Gasteiger partial charge is 0.481 e. The van der Waals surface area contributed by atoms with Gasteiger partial charge in [-0.25, -0.2) is 0 Å². The quantitative estimate of drug-likeness (QED) is 0.829. The number of aliphatic imine (C=N–C) groups is 1. The molecule has 3 atom stereocenters. The lowest BCUT2D eigenvalue weighted by Crippen LogP contribution is -2.32. The van der Waals surface area contributed by atoms with Crippen molar-refractivity contribution in [3.8, 4) is 0 Å². The average Bonchev–Trinajstić information content (AvgIpc) is 2.86. The van der Waals surface area contributed by atoms with E-state index < -0.39 is 11.2 Å². The van der Waals surface area contributed by atoms with Gasteiger partial charge in [0.1, 0.15) is 5.25 Å². The number of rotatable bonds is 3. The van der Waals surface area contributed by atoms with Gasteiger partial charge in [0.25, 0.3) is 0 Å². The van der Waals surface area contributed by atoms with Gasteiger partial charge in [-0.3, -0.25) is 14.6 Å². The molecule has 20 heavy (non-hydrogen) atoms. The van der Waals surface area contributed by atoms with E-state index in [0.717, 1.165) is 24.7 Å². The van der Waals surface area contributed by atoms with Crippen LogP contribution in [0.5, 0.6) is 0 Å². The number of nitrogens with zero attached hydrogens (tertiary/aromatic N) is 1. The van der Waals surface area contributed by atoms with Crippen LogP contribution in [0.2, 0.25) is 0 Å². The predicted octanol–water partition coefficient (Wildman–Crippen LogP) is 1.63. The summed E-state index contributed by atoms with van der Waals surface area (Å²) in [7, 11) is 0. The number of carboxylic acid groups (broad SMARTS) is 1. The first kappa shape index (κ1) is 12.7. The van der Waals surface area contributed by atoms with Crippen LogP contribution in [-0.2, 0) is 9.59 Å². The van der Waals surface area contributed by atoms with E-state index in [2.05, 4.69) is 5.32 Å². The molecule has 4 aliphatic carbocycles. The predicted molar refractivity (Wildman–Crippen MR) is 75.5 cm³/mol. The fourth-order valence-corrected chi connectivity index (χ4v) is 5.94. The number of carboxylic acids is 1. The molecule has 1 saturated heterocycles. The lowest BCUT2D eigenvalue weighted by Gasteiger charge is -2.29. The summed E-state index contributed by atoms with van der Waals surface area (Å²) in [6.07, 6.45) is 6.16. The van der Waals surface area contributed by atoms with E-state index in [9.17, 15) is 9.59 Å². The maximum atomic E-state index is 11.8. The molecule has 1 aliphatic heterocycles. The third-order valence-electron chi connectivity index (χ3n) is 5.41. The van der Waals surface area contributed by atoms with Crippen LogP contribution in [0.4, 0.5) is 0 Å². The molecule has 4 saturated carbocycles. The number of amides is 1. The van der Waals surface area contributed by atoms with Gasteiger partial charge < -0.3 is 10.4 Å². The summed E-state index contributed by atoms with van der Waals surface area (Å²) >= 11 is 1.30. The first-order chi connectivity index (χ1) is 9.54. The molecule has 5 nitrogen and oxygen atoms in total. The molecule has 0 aromatic heterocycles. The lowest BCUT2D eigenvalue weighted by molar-refractivity contribution is -0.138. The second-order valence-electron chi connectivity index (χ2n) is 6.76. The Morgan fingerprint density at radius 1 is 1.35 bits per heavy atom. The summed E-state index contributed by atoms with van der Waals surface area (Å²) in [4.78, 5) is 27.4. The molecule has 1 heterocycles. The smallest absolute Gasteiger partial charge is 0.305 e. The van der Waals surface area contributed by atoms with E-state index in [1.807, 2.05) is 0 Å². The molecular weight excluding hydrogens is 276 g/mol. The van der Waals surface area contributed by atoms with Gasteiger partial charge in [-0.05, 0) is 49.9 Å². The SMILES string of the molecule is O=C(O)CC1SC(=NC23CC4CC(CC2C4)C3)NC1=O. The van der Waals surface area contributed by atoms with Crippen LogP contribution in [0.3, 0.4) is 0 Å². The molecule has 6 heteroatoms. The first-order valence-electron chi connectivity index (χ1n) is 7.33. The second kappa shape index (κ2) is 4.23. The number of amidine groups is 1. The Balaban J connectivity index is 1.54. The van der Waals surface area contributed by atoms with Gasteiger partial charge in [0.05, 0.1) is 12.0 Å². The Morgan fingerprint density at radius 2 is 2.05 bits per heavy atom. The van der Waals surface area contributed by atoms with E-state index in [0.29, 0.717) is 11.1 Å². The summed E-state index contributed by atoms with van der Waals surface area (Å²) in [5, 5.41) is 11.7. The van der Waals surface area contributed by atoms with Gasteiger partial charge in [-0.2, -0.15) is 0 Å². The van der Waals surface area contributed by atoms with Gasteiger partial charge in [-0.1, -0.05) is 11.8 Å². The molecule has 5 fully saturated rings. The van der Waals surface area contributed by atoms with Crippen LogP contribution >= 0.6 is 11.8 Å². The Hall–Kier alpha value is -1.04. The Morgan fingerprint density at radius 3 is 2.70 bits per heavy atom. The van der Waals surface area contributed by atoms with Crippen LogP contribution in [0.15, 0.2) is 4.99 Å². The van der Waals surface area contributed by atoms with Crippen LogP contribution < -0.4 is 5.32 Å². The highest BCUT2D eigenvalue weighted by atomic mass is 32.2. The van der Waals surface area contributed by atoms with Gasteiger partial charge in [0.2, 0.25) is 5.91 Å². The summed E-state index contributed by atoms with van der Waals surface area (Å²) in [5.41, 5.74) is 0.0569. The number of nitrogens with one attached hydrogen (secondary N) is 1. The third-order valence-corrected chi connectivity index (χ3v) is 6.49. The minimum absolute atomic E-state index is 0.0569. The monoisotopic (exact) mass is 294 g/mol. The number of carbonyl (C=O) groups is 2. The number of hydrogen-bond acceptors (Lipinski definition) is 4.